The van der Waals surface area contributed by atoms with Gasteiger partial charge in [0.1, 0.15) is 11.5 Å². The van der Waals surface area contributed by atoms with E-state index < -0.39 is 4.92 Å². The van der Waals surface area contributed by atoms with E-state index in [0.29, 0.717) is 5.56 Å². The zero-order valence-corrected chi connectivity index (χ0v) is 12.5. The number of amides is 1. The van der Waals surface area contributed by atoms with E-state index in [1.165, 1.54) is 30.0 Å². The summed E-state index contributed by atoms with van der Waals surface area (Å²) in [7, 11) is 0. The quantitative estimate of drug-likeness (QED) is 0.517. The number of nitro benzene ring substituents is 1. The predicted molar refractivity (Wildman–Crippen MR) is 83.6 cm³/mol. The van der Waals surface area contributed by atoms with Gasteiger partial charge in [-0.1, -0.05) is 12.1 Å². The number of nitro groups is 1. The number of anilines is 1. The Bertz CT molecular complexity index is 704. The molecule has 0 aliphatic heterocycles. The van der Waals surface area contributed by atoms with Crippen molar-refractivity contribution in [2.24, 2.45) is 0 Å². The summed E-state index contributed by atoms with van der Waals surface area (Å²) in [4.78, 5) is 23.1. The van der Waals surface area contributed by atoms with Crippen molar-refractivity contribution in [1.29, 1.82) is 0 Å². The Morgan fingerprint density at radius 2 is 1.95 bits per heavy atom. The molecule has 2 aromatic carbocycles. The molecule has 5 nitrogen and oxygen atoms in total. The first-order valence-corrected chi connectivity index (χ1v) is 7.38. The van der Waals surface area contributed by atoms with E-state index in [1.807, 2.05) is 0 Å². The van der Waals surface area contributed by atoms with Crippen LogP contribution in [-0.2, 0) is 4.79 Å². The van der Waals surface area contributed by atoms with Gasteiger partial charge in [-0.05, 0) is 36.8 Å². The highest BCUT2D eigenvalue weighted by molar-refractivity contribution is 8.00. The number of hydrogen-bond donors (Lipinski definition) is 1. The Morgan fingerprint density at radius 3 is 2.59 bits per heavy atom. The minimum atomic E-state index is -0.532. The largest absolute Gasteiger partial charge is 0.319 e. The fraction of sp³-hybridized carbons (Fsp3) is 0.133. The van der Waals surface area contributed by atoms with Gasteiger partial charge in [0.25, 0.3) is 5.69 Å². The van der Waals surface area contributed by atoms with Crippen molar-refractivity contribution in [2.45, 2.75) is 11.8 Å². The minimum absolute atomic E-state index is 0.0805. The topological polar surface area (TPSA) is 72.2 Å². The van der Waals surface area contributed by atoms with Gasteiger partial charge in [0.2, 0.25) is 5.91 Å². The van der Waals surface area contributed by atoms with Crippen molar-refractivity contribution in [3.63, 3.8) is 0 Å². The molecule has 0 saturated heterocycles. The Kier molecular flexibility index (Phi) is 5.11. The summed E-state index contributed by atoms with van der Waals surface area (Å²) in [5.41, 5.74) is 0.687. The summed E-state index contributed by atoms with van der Waals surface area (Å²) in [6.07, 6.45) is 0. The number of benzene rings is 2. The summed E-state index contributed by atoms with van der Waals surface area (Å²) < 4.78 is 12.8. The maximum absolute atomic E-state index is 12.8. The molecule has 0 unspecified atom stereocenters. The fourth-order valence-electron chi connectivity index (χ4n) is 1.82. The van der Waals surface area contributed by atoms with Crippen molar-refractivity contribution in [3.05, 3.63) is 64.0 Å². The molecule has 1 N–H and O–H groups in total. The molecule has 0 aromatic heterocycles. The lowest BCUT2D eigenvalue weighted by molar-refractivity contribution is -0.384. The standard InChI is InChI=1S/C15H13FN2O3S/c1-10-3-2-4-13(18(20)21)15(10)17-14(19)9-22-12-7-5-11(16)6-8-12/h2-8H,9H2,1H3,(H,17,19). The normalized spacial score (nSPS) is 10.3. The molecule has 1 amide bonds. The molecule has 2 aromatic rings. The highest BCUT2D eigenvalue weighted by Crippen LogP contribution is 2.28. The van der Waals surface area contributed by atoms with Crippen LogP contribution in [0.4, 0.5) is 15.8 Å². The number of carbonyl (C=O) groups excluding carboxylic acids is 1. The van der Waals surface area contributed by atoms with Gasteiger partial charge in [-0.25, -0.2) is 4.39 Å². The van der Waals surface area contributed by atoms with E-state index in [2.05, 4.69) is 5.32 Å². The van der Waals surface area contributed by atoms with E-state index in [9.17, 15) is 19.3 Å². The Morgan fingerprint density at radius 1 is 1.27 bits per heavy atom. The van der Waals surface area contributed by atoms with Crippen molar-refractivity contribution in [2.75, 3.05) is 11.1 Å². The maximum Gasteiger partial charge on any atom is 0.293 e. The monoisotopic (exact) mass is 320 g/mol. The molecule has 0 heterocycles. The fourth-order valence-corrected chi connectivity index (χ4v) is 2.52. The number of nitrogens with one attached hydrogen (secondary N) is 1. The number of thioether (sulfide) groups is 1. The Hall–Kier alpha value is -2.41. The molecule has 7 heteroatoms. The van der Waals surface area contributed by atoms with Gasteiger partial charge >= 0.3 is 0 Å². The highest BCUT2D eigenvalue weighted by atomic mass is 32.2. The van der Waals surface area contributed by atoms with Gasteiger partial charge in [0.15, 0.2) is 0 Å². The van der Waals surface area contributed by atoms with Crippen LogP contribution >= 0.6 is 11.8 Å². The molecule has 0 spiro atoms. The summed E-state index contributed by atoms with van der Waals surface area (Å²) in [6.45, 7) is 1.69. The van der Waals surface area contributed by atoms with Gasteiger partial charge in [-0.2, -0.15) is 0 Å². The molecular weight excluding hydrogens is 307 g/mol. The molecule has 114 valence electrons. The molecule has 0 aliphatic rings. The number of nitrogens with zero attached hydrogens (tertiary/aromatic N) is 1. The number of halogens is 1. The predicted octanol–water partition coefficient (Wildman–Crippen LogP) is 3.77. The summed E-state index contributed by atoms with van der Waals surface area (Å²) >= 11 is 1.23. The van der Waals surface area contributed by atoms with Crippen molar-refractivity contribution < 1.29 is 14.1 Å². The average Bonchev–Trinajstić information content (AvgIpc) is 2.48. The van der Waals surface area contributed by atoms with Crippen LogP contribution in [0, 0.1) is 22.9 Å². The number of hydrogen-bond acceptors (Lipinski definition) is 4. The van der Waals surface area contributed by atoms with E-state index >= 15 is 0 Å². The van der Waals surface area contributed by atoms with E-state index in [1.54, 1.807) is 31.2 Å². The second-order valence-electron chi connectivity index (χ2n) is 4.52. The van der Waals surface area contributed by atoms with Crippen molar-refractivity contribution >= 4 is 29.0 Å². The first kappa shape index (κ1) is 16.0. The Balaban J connectivity index is 2.03. The summed E-state index contributed by atoms with van der Waals surface area (Å²) in [5, 5.41) is 13.5. The molecular formula is C15H13FN2O3S. The Labute approximate surface area is 130 Å². The summed E-state index contributed by atoms with van der Waals surface area (Å²) in [5.74, 6) is -0.618. The van der Waals surface area contributed by atoms with Crippen LogP contribution in [0.1, 0.15) is 5.56 Å². The number of carbonyl (C=O) groups is 1. The lowest BCUT2D eigenvalue weighted by Crippen LogP contribution is -2.16. The molecule has 0 radical (unpaired) electrons. The number of aryl methyl sites for hydroxylation is 1. The number of para-hydroxylation sites is 1. The van der Waals surface area contributed by atoms with E-state index in [0.717, 1.165) is 4.90 Å². The van der Waals surface area contributed by atoms with Crippen molar-refractivity contribution in [3.8, 4) is 0 Å². The minimum Gasteiger partial charge on any atom is -0.319 e. The van der Waals surface area contributed by atoms with Gasteiger partial charge in [-0.3, -0.25) is 14.9 Å². The third-order valence-corrected chi connectivity index (χ3v) is 3.91. The molecule has 2 rings (SSSR count). The molecule has 0 fully saturated rings. The van der Waals surface area contributed by atoms with Crippen LogP contribution in [0.5, 0.6) is 0 Å². The van der Waals surface area contributed by atoms with Crippen LogP contribution in [0.2, 0.25) is 0 Å². The molecule has 0 atom stereocenters. The van der Waals surface area contributed by atoms with Gasteiger partial charge < -0.3 is 5.32 Å². The third-order valence-electron chi connectivity index (χ3n) is 2.90. The third kappa shape index (κ3) is 4.05. The van der Waals surface area contributed by atoms with Gasteiger partial charge in [0, 0.05) is 11.0 Å². The zero-order valence-electron chi connectivity index (χ0n) is 11.7. The first-order valence-electron chi connectivity index (χ1n) is 6.39. The smallest absolute Gasteiger partial charge is 0.293 e. The van der Waals surface area contributed by atoms with E-state index in [4.69, 9.17) is 0 Å². The van der Waals surface area contributed by atoms with Crippen LogP contribution in [0.25, 0.3) is 0 Å². The number of rotatable bonds is 5. The molecule has 0 saturated carbocycles. The highest BCUT2D eigenvalue weighted by Gasteiger charge is 2.17. The lowest BCUT2D eigenvalue weighted by Gasteiger charge is -2.08. The summed E-state index contributed by atoms with van der Waals surface area (Å²) in [6, 6.07) is 10.4. The van der Waals surface area contributed by atoms with Crippen molar-refractivity contribution in [1.82, 2.24) is 0 Å². The van der Waals surface area contributed by atoms with Crippen LogP contribution in [0.15, 0.2) is 47.4 Å². The first-order chi connectivity index (χ1) is 10.5. The van der Waals surface area contributed by atoms with Gasteiger partial charge in [0.05, 0.1) is 10.7 Å². The van der Waals surface area contributed by atoms with E-state index in [-0.39, 0.29) is 28.9 Å². The van der Waals surface area contributed by atoms with Crippen LogP contribution < -0.4 is 5.32 Å². The average molecular weight is 320 g/mol. The SMILES string of the molecule is Cc1cccc([N+](=O)[O-])c1NC(=O)CSc1ccc(F)cc1. The second kappa shape index (κ2) is 7.04. The molecule has 22 heavy (non-hydrogen) atoms. The zero-order chi connectivity index (χ0) is 16.1. The van der Waals surface area contributed by atoms with Gasteiger partial charge in [-0.15, -0.1) is 11.8 Å². The van der Waals surface area contributed by atoms with Crippen LogP contribution in [-0.4, -0.2) is 16.6 Å². The molecule has 0 bridgehead atoms. The second-order valence-corrected chi connectivity index (χ2v) is 5.57. The maximum atomic E-state index is 12.8. The molecule has 0 aliphatic carbocycles. The lowest BCUT2D eigenvalue weighted by atomic mass is 10.1. The van der Waals surface area contributed by atoms with Crippen LogP contribution in [0.3, 0.4) is 0 Å².